The quantitative estimate of drug-likeness (QED) is 0.650. The molecule has 2 saturated heterocycles. The zero-order chi connectivity index (χ0) is 15.0. The van der Waals surface area contributed by atoms with Gasteiger partial charge in [0.25, 0.3) is 0 Å². The summed E-state index contributed by atoms with van der Waals surface area (Å²) in [7, 11) is 1.30. The van der Waals surface area contributed by atoms with E-state index in [9.17, 15) is 14.4 Å². The van der Waals surface area contributed by atoms with Crippen molar-refractivity contribution in [2.24, 2.45) is 5.92 Å². The Kier molecular flexibility index (Phi) is 3.84. The third-order valence-corrected chi connectivity index (χ3v) is 4.34. The van der Waals surface area contributed by atoms with Crippen LogP contribution in [0.5, 0.6) is 0 Å². The summed E-state index contributed by atoms with van der Waals surface area (Å²) < 4.78 is 9.97. The molecule has 7 heteroatoms. The highest BCUT2D eigenvalue weighted by atomic mass is 16.6. The van der Waals surface area contributed by atoms with Crippen molar-refractivity contribution in [3.8, 4) is 0 Å². The highest BCUT2D eigenvalue weighted by molar-refractivity contribution is 5.90. The van der Waals surface area contributed by atoms with E-state index in [-0.39, 0.29) is 30.7 Å². The molecule has 7 nitrogen and oxygen atoms in total. The maximum absolute atomic E-state index is 12.5. The number of hydrogen-bond donors (Lipinski definition) is 0. The number of ether oxygens (including phenoxy) is 2. The summed E-state index contributed by atoms with van der Waals surface area (Å²) in [6, 6.07) is 0.350. The van der Waals surface area contributed by atoms with Gasteiger partial charge in [0.2, 0.25) is 11.8 Å². The highest BCUT2D eigenvalue weighted by Gasteiger charge is 2.43. The van der Waals surface area contributed by atoms with Gasteiger partial charge in [-0.2, -0.15) is 0 Å². The summed E-state index contributed by atoms with van der Waals surface area (Å²) in [6.45, 7) is 1.50. The molecule has 2 aliphatic heterocycles. The summed E-state index contributed by atoms with van der Waals surface area (Å²) in [4.78, 5) is 39.4. The molecule has 0 spiro atoms. The van der Waals surface area contributed by atoms with E-state index in [0.717, 1.165) is 12.8 Å². The SMILES string of the molecule is COC(=O)C1CN(C(=O)C2CC(=O)N(C3CC3)C2)CCO1. The molecule has 0 aromatic rings. The van der Waals surface area contributed by atoms with E-state index in [1.807, 2.05) is 4.90 Å². The Bertz CT molecular complexity index is 462. The van der Waals surface area contributed by atoms with E-state index in [4.69, 9.17) is 4.74 Å². The van der Waals surface area contributed by atoms with Crippen LogP contribution in [-0.2, 0) is 23.9 Å². The lowest BCUT2D eigenvalue weighted by molar-refractivity contribution is -0.163. The largest absolute Gasteiger partial charge is 0.467 e. The number of likely N-dealkylation sites (tertiary alicyclic amines) is 1. The first-order valence-corrected chi connectivity index (χ1v) is 7.38. The molecule has 21 heavy (non-hydrogen) atoms. The van der Waals surface area contributed by atoms with Crippen molar-refractivity contribution < 1.29 is 23.9 Å². The van der Waals surface area contributed by atoms with Gasteiger partial charge in [-0.15, -0.1) is 0 Å². The molecule has 3 fully saturated rings. The van der Waals surface area contributed by atoms with Crippen molar-refractivity contribution in [2.75, 3.05) is 33.4 Å². The Morgan fingerprint density at radius 1 is 1.29 bits per heavy atom. The number of hydrogen-bond acceptors (Lipinski definition) is 5. The number of amides is 2. The number of carbonyl (C=O) groups is 3. The number of morpholine rings is 1. The van der Waals surface area contributed by atoms with Gasteiger partial charge in [0.1, 0.15) is 0 Å². The van der Waals surface area contributed by atoms with Crippen LogP contribution in [-0.4, -0.2) is 73.1 Å². The van der Waals surface area contributed by atoms with Crippen molar-refractivity contribution in [2.45, 2.75) is 31.4 Å². The minimum atomic E-state index is -0.718. The Balaban J connectivity index is 1.60. The van der Waals surface area contributed by atoms with Crippen molar-refractivity contribution in [3.05, 3.63) is 0 Å². The van der Waals surface area contributed by atoms with Gasteiger partial charge >= 0.3 is 5.97 Å². The zero-order valence-corrected chi connectivity index (χ0v) is 12.1. The number of methoxy groups -OCH3 is 1. The number of nitrogens with zero attached hydrogens (tertiary/aromatic N) is 2. The second kappa shape index (κ2) is 5.63. The van der Waals surface area contributed by atoms with Gasteiger partial charge in [0, 0.05) is 25.6 Å². The Morgan fingerprint density at radius 2 is 2.05 bits per heavy atom. The minimum absolute atomic E-state index is 0.0521. The van der Waals surface area contributed by atoms with Gasteiger partial charge in [-0.3, -0.25) is 9.59 Å². The van der Waals surface area contributed by atoms with Crippen LogP contribution >= 0.6 is 0 Å². The first-order valence-electron chi connectivity index (χ1n) is 7.38. The average Bonchev–Trinajstić information content (AvgIpc) is 3.28. The average molecular weight is 296 g/mol. The Hall–Kier alpha value is -1.63. The summed E-state index contributed by atoms with van der Waals surface area (Å²) in [5.74, 6) is -0.721. The van der Waals surface area contributed by atoms with Gasteiger partial charge in [-0.1, -0.05) is 0 Å². The molecule has 2 atom stereocenters. The first-order chi connectivity index (χ1) is 10.1. The fourth-order valence-electron chi connectivity index (χ4n) is 3.02. The molecular formula is C14H20N2O5. The van der Waals surface area contributed by atoms with E-state index in [1.54, 1.807) is 4.90 Å². The second-order valence-electron chi connectivity index (χ2n) is 5.85. The molecule has 0 N–H and O–H groups in total. The van der Waals surface area contributed by atoms with Gasteiger partial charge in [0.05, 0.1) is 26.2 Å². The summed E-state index contributed by atoms with van der Waals surface area (Å²) in [6.07, 6.45) is 1.67. The molecule has 1 saturated carbocycles. The normalized spacial score (nSPS) is 29.7. The molecule has 3 aliphatic rings. The third-order valence-electron chi connectivity index (χ3n) is 4.34. The summed E-state index contributed by atoms with van der Waals surface area (Å²) in [5.41, 5.74) is 0. The fourth-order valence-corrected chi connectivity index (χ4v) is 3.02. The Labute approximate surface area is 123 Å². The fraction of sp³-hybridized carbons (Fsp3) is 0.786. The van der Waals surface area contributed by atoms with E-state index < -0.39 is 12.1 Å². The lowest BCUT2D eigenvalue weighted by atomic mass is 10.1. The maximum atomic E-state index is 12.5. The molecule has 2 unspecified atom stereocenters. The Morgan fingerprint density at radius 3 is 2.71 bits per heavy atom. The van der Waals surface area contributed by atoms with Gasteiger partial charge in [0.15, 0.2) is 6.10 Å². The first kappa shape index (κ1) is 14.3. The van der Waals surface area contributed by atoms with Gasteiger partial charge in [-0.05, 0) is 12.8 Å². The molecule has 3 rings (SSSR count). The summed E-state index contributed by atoms with van der Waals surface area (Å²) in [5, 5.41) is 0. The predicted molar refractivity (Wildman–Crippen MR) is 71.2 cm³/mol. The zero-order valence-electron chi connectivity index (χ0n) is 12.1. The topological polar surface area (TPSA) is 76.2 Å². The van der Waals surface area contributed by atoms with Gasteiger partial charge in [-0.25, -0.2) is 4.79 Å². The van der Waals surface area contributed by atoms with Crippen LogP contribution in [0.1, 0.15) is 19.3 Å². The third kappa shape index (κ3) is 2.88. The van der Waals surface area contributed by atoms with Crippen LogP contribution in [0, 0.1) is 5.92 Å². The number of carbonyl (C=O) groups excluding carboxylic acids is 3. The molecule has 0 bridgehead atoms. The molecule has 2 amide bonds. The predicted octanol–water partition coefficient (Wildman–Crippen LogP) is -0.602. The lowest BCUT2D eigenvalue weighted by Gasteiger charge is -2.33. The monoisotopic (exact) mass is 296 g/mol. The van der Waals surface area contributed by atoms with E-state index in [1.165, 1.54) is 7.11 Å². The van der Waals surface area contributed by atoms with E-state index >= 15 is 0 Å². The molecular weight excluding hydrogens is 276 g/mol. The van der Waals surface area contributed by atoms with Crippen LogP contribution < -0.4 is 0 Å². The smallest absolute Gasteiger partial charge is 0.336 e. The number of rotatable bonds is 3. The molecule has 2 heterocycles. The van der Waals surface area contributed by atoms with Crippen LogP contribution in [0.2, 0.25) is 0 Å². The highest BCUT2D eigenvalue weighted by Crippen LogP contribution is 2.33. The maximum Gasteiger partial charge on any atom is 0.336 e. The van der Waals surface area contributed by atoms with E-state index in [2.05, 4.69) is 4.74 Å². The van der Waals surface area contributed by atoms with Crippen molar-refractivity contribution in [3.63, 3.8) is 0 Å². The van der Waals surface area contributed by atoms with Crippen LogP contribution in [0.25, 0.3) is 0 Å². The standard InChI is InChI=1S/C14H20N2O5/c1-20-14(19)11-8-15(4-5-21-11)13(18)9-6-12(17)16(7-9)10-2-3-10/h9-11H,2-8H2,1H3. The summed E-state index contributed by atoms with van der Waals surface area (Å²) >= 11 is 0. The number of esters is 1. The molecule has 0 radical (unpaired) electrons. The minimum Gasteiger partial charge on any atom is -0.467 e. The molecule has 116 valence electrons. The van der Waals surface area contributed by atoms with Crippen molar-refractivity contribution in [1.82, 2.24) is 9.80 Å². The molecule has 1 aliphatic carbocycles. The second-order valence-corrected chi connectivity index (χ2v) is 5.85. The van der Waals surface area contributed by atoms with Crippen molar-refractivity contribution in [1.29, 1.82) is 0 Å². The van der Waals surface area contributed by atoms with Gasteiger partial charge < -0.3 is 19.3 Å². The van der Waals surface area contributed by atoms with E-state index in [0.29, 0.717) is 25.7 Å². The molecule has 0 aromatic carbocycles. The van der Waals surface area contributed by atoms with Crippen molar-refractivity contribution >= 4 is 17.8 Å². The van der Waals surface area contributed by atoms with Crippen LogP contribution in [0.15, 0.2) is 0 Å². The lowest BCUT2D eigenvalue weighted by Crippen LogP contribution is -2.50. The van der Waals surface area contributed by atoms with Crippen LogP contribution in [0.3, 0.4) is 0 Å². The van der Waals surface area contributed by atoms with Crippen LogP contribution in [0.4, 0.5) is 0 Å². The molecule has 0 aromatic heterocycles.